The summed E-state index contributed by atoms with van der Waals surface area (Å²) < 4.78 is 0. The third-order valence-corrected chi connectivity index (χ3v) is 3.03. The van der Waals surface area contributed by atoms with Gasteiger partial charge < -0.3 is 5.11 Å². The zero-order valence-corrected chi connectivity index (χ0v) is 10.9. The molecule has 1 atom stereocenters. The van der Waals surface area contributed by atoms with Crippen molar-refractivity contribution in [1.29, 1.82) is 0 Å². The molecule has 0 radical (unpaired) electrons. The number of aromatic amines is 1. The van der Waals surface area contributed by atoms with E-state index in [9.17, 15) is 5.11 Å². The summed E-state index contributed by atoms with van der Waals surface area (Å²) in [7, 11) is 0. The minimum Gasteiger partial charge on any atom is -0.388 e. The van der Waals surface area contributed by atoms with E-state index in [2.05, 4.69) is 27.5 Å². The van der Waals surface area contributed by atoms with Gasteiger partial charge in [0.25, 0.3) is 0 Å². The molecule has 2 aromatic rings. The monoisotopic (exact) mass is 266 g/mol. The lowest BCUT2D eigenvalue weighted by Crippen LogP contribution is -2.01. The van der Waals surface area contributed by atoms with Crippen molar-refractivity contribution in [3.05, 3.63) is 28.8 Å². The number of halogens is 1. The van der Waals surface area contributed by atoms with Gasteiger partial charge in [-0.05, 0) is 29.3 Å². The van der Waals surface area contributed by atoms with Crippen LogP contribution in [0.2, 0.25) is 5.02 Å². The normalized spacial score (nSPS) is 12.6. The van der Waals surface area contributed by atoms with Gasteiger partial charge in [-0.15, -0.1) is 10.2 Å². The molecule has 0 spiro atoms. The molecule has 6 heteroatoms. The first-order valence-electron chi connectivity index (χ1n) is 5.93. The zero-order valence-electron chi connectivity index (χ0n) is 10.1. The summed E-state index contributed by atoms with van der Waals surface area (Å²) in [4.78, 5) is 0. The molecule has 2 N–H and O–H groups in total. The molecule has 0 aliphatic heterocycles. The number of rotatable bonds is 5. The number of hydrogen-bond acceptors (Lipinski definition) is 4. The summed E-state index contributed by atoms with van der Waals surface area (Å²) in [6.07, 6.45) is 2.19. The van der Waals surface area contributed by atoms with Crippen molar-refractivity contribution in [2.45, 2.75) is 32.3 Å². The molecule has 18 heavy (non-hydrogen) atoms. The fourth-order valence-corrected chi connectivity index (χ4v) is 2.01. The van der Waals surface area contributed by atoms with E-state index < -0.39 is 6.10 Å². The molecule has 5 nitrogen and oxygen atoms in total. The second-order valence-electron chi connectivity index (χ2n) is 4.13. The predicted molar refractivity (Wildman–Crippen MR) is 69.1 cm³/mol. The van der Waals surface area contributed by atoms with Crippen LogP contribution in [0.1, 0.15) is 37.9 Å². The van der Waals surface area contributed by atoms with E-state index in [4.69, 9.17) is 11.6 Å². The number of nitrogens with one attached hydrogen (secondary N) is 1. The predicted octanol–water partition coefficient (Wildman–Crippen LogP) is 2.74. The van der Waals surface area contributed by atoms with Crippen LogP contribution in [-0.2, 0) is 0 Å². The summed E-state index contributed by atoms with van der Waals surface area (Å²) >= 11 is 5.97. The largest absolute Gasteiger partial charge is 0.388 e. The maximum atomic E-state index is 10.2. The first-order chi connectivity index (χ1) is 8.72. The molecule has 0 aliphatic carbocycles. The summed E-state index contributed by atoms with van der Waals surface area (Å²) in [6.45, 7) is 2.09. The molecular weight excluding hydrogens is 252 g/mol. The summed E-state index contributed by atoms with van der Waals surface area (Å²) in [5, 5.41) is 24.6. The van der Waals surface area contributed by atoms with Crippen LogP contribution in [0.15, 0.2) is 18.2 Å². The topological polar surface area (TPSA) is 74.7 Å². The Labute approximate surface area is 110 Å². The lowest BCUT2D eigenvalue weighted by molar-refractivity contribution is 0.165. The number of H-pyrrole nitrogens is 1. The number of hydrogen-bond donors (Lipinski definition) is 2. The maximum Gasteiger partial charge on any atom is 0.205 e. The Kier molecular flexibility index (Phi) is 4.28. The van der Waals surface area contributed by atoms with Crippen molar-refractivity contribution in [2.24, 2.45) is 0 Å². The quantitative estimate of drug-likeness (QED) is 0.873. The van der Waals surface area contributed by atoms with Crippen LogP contribution >= 0.6 is 11.6 Å². The van der Waals surface area contributed by atoms with Crippen LogP contribution in [0.3, 0.4) is 0 Å². The van der Waals surface area contributed by atoms with Crippen molar-refractivity contribution in [3.8, 4) is 11.4 Å². The lowest BCUT2D eigenvalue weighted by atomic mass is 9.98. The number of nitrogens with zero attached hydrogens (tertiary/aromatic N) is 3. The van der Waals surface area contributed by atoms with E-state index in [0.29, 0.717) is 17.3 Å². The highest BCUT2D eigenvalue weighted by Crippen LogP contribution is 2.30. The molecule has 96 valence electrons. The standard InChI is InChI=1S/C12H15ClN4O/c1-2-3-4-11(18)9-6-5-8(13)7-10(9)12-14-16-17-15-12/h5-7,11,18H,2-4H2,1H3,(H,14,15,16,17). The van der Waals surface area contributed by atoms with Crippen molar-refractivity contribution < 1.29 is 5.11 Å². The minimum absolute atomic E-state index is 0.447. The van der Waals surface area contributed by atoms with Gasteiger partial charge in [0, 0.05) is 10.6 Å². The minimum atomic E-state index is -0.532. The number of aliphatic hydroxyl groups excluding tert-OH is 1. The van der Waals surface area contributed by atoms with Gasteiger partial charge in [-0.1, -0.05) is 37.4 Å². The van der Waals surface area contributed by atoms with Crippen LogP contribution in [-0.4, -0.2) is 25.7 Å². The first-order valence-corrected chi connectivity index (χ1v) is 6.31. The SMILES string of the molecule is CCCCC(O)c1ccc(Cl)cc1-c1nn[nH]n1. The van der Waals surface area contributed by atoms with E-state index in [0.717, 1.165) is 24.0 Å². The molecule has 1 aromatic carbocycles. The highest BCUT2D eigenvalue weighted by Gasteiger charge is 2.16. The molecule has 1 aromatic heterocycles. The number of aliphatic hydroxyl groups is 1. The number of benzene rings is 1. The van der Waals surface area contributed by atoms with E-state index in [1.165, 1.54) is 0 Å². The van der Waals surface area contributed by atoms with Crippen molar-refractivity contribution in [2.75, 3.05) is 0 Å². The van der Waals surface area contributed by atoms with Crippen molar-refractivity contribution in [3.63, 3.8) is 0 Å². The summed E-state index contributed by atoms with van der Waals surface area (Å²) in [5.41, 5.74) is 1.51. The second kappa shape index (κ2) is 5.93. The Morgan fingerprint density at radius 1 is 1.44 bits per heavy atom. The number of unbranched alkanes of at least 4 members (excludes halogenated alkanes) is 1. The van der Waals surface area contributed by atoms with E-state index in [1.54, 1.807) is 12.1 Å². The average Bonchev–Trinajstić information content (AvgIpc) is 2.89. The second-order valence-corrected chi connectivity index (χ2v) is 4.56. The fraction of sp³-hybridized carbons (Fsp3) is 0.417. The lowest BCUT2D eigenvalue weighted by Gasteiger charge is -2.13. The number of aromatic nitrogens is 4. The Hall–Kier alpha value is -1.46. The Balaban J connectivity index is 2.35. The highest BCUT2D eigenvalue weighted by atomic mass is 35.5. The molecule has 0 saturated carbocycles. The summed E-state index contributed by atoms with van der Waals surface area (Å²) in [5.74, 6) is 0.447. The van der Waals surface area contributed by atoms with Gasteiger partial charge in [0.2, 0.25) is 5.82 Å². The van der Waals surface area contributed by atoms with Crippen molar-refractivity contribution >= 4 is 11.6 Å². The Morgan fingerprint density at radius 2 is 2.28 bits per heavy atom. The van der Waals surface area contributed by atoms with Crippen LogP contribution in [0, 0.1) is 0 Å². The molecule has 0 aliphatic rings. The van der Waals surface area contributed by atoms with E-state index in [1.807, 2.05) is 6.07 Å². The third kappa shape index (κ3) is 2.86. The van der Waals surface area contributed by atoms with Gasteiger partial charge in [0.05, 0.1) is 6.10 Å². The Morgan fingerprint density at radius 3 is 2.94 bits per heavy atom. The third-order valence-electron chi connectivity index (χ3n) is 2.79. The fourth-order valence-electron chi connectivity index (χ4n) is 1.84. The van der Waals surface area contributed by atoms with Gasteiger partial charge in [0.15, 0.2) is 0 Å². The smallest absolute Gasteiger partial charge is 0.205 e. The molecule has 2 rings (SSSR count). The van der Waals surface area contributed by atoms with Gasteiger partial charge in [-0.2, -0.15) is 5.21 Å². The van der Waals surface area contributed by atoms with Crippen molar-refractivity contribution in [1.82, 2.24) is 20.6 Å². The zero-order chi connectivity index (χ0) is 13.0. The van der Waals surface area contributed by atoms with Crippen LogP contribution in [0.4, 0.5) is 0 Å². The van der Waals surface area contributed by atoms with Crippen LogP contribution in [0.25, 0.3) is 11.4 Å². The summed E-state index contributed by atoms with van der Waals surface area (Å²) in [6, 6.07) is 5.32. The maximum absolute atomic E-state index is 10.2. The van der Waals surface area contributed by atoms with Crippen LogP contribution in [0.5, 0.6) is 0 Å². The van der Waals surface area contributed by atoms with Gasteiger partial charge in [-0.25, -0.2) is 0 Å². The molecule has 0 amide bonds. The number of tetrazole rings is 1. The van der Waals surface area contributed by atoms with Gasteiger partial charge in [0.1, 0.15) is 0 Å². The van der Waals surface area contributed by atoms with E-state index in [-0.39, 0.29) is 0 Å². The molecule has 0 saturated heterocycles. The van der Waals surface area contributed by atoms with Gasteiger partial charge in [-0.3, -0.25) is 0 Å². The first kappa shape index (κ1) is 13.0. The molecular formula is C12H15ClN4O. The van der Waals surface area contributed by atoms with Gasteiger partial charge >= 0.3 is 0 Å². The Bertz CT molecular complexity index is 501. The molecule has 0 fully saturated rings. The highest BCUT2D eigenvalue weighted by molar-refractivity contribution is 6.30. The molecule has 0 bridgehead atoms. The molecule has 1 unspecified atom stereocenters. The van der Waals surface area contributed by atoms with Crippen LogP contribution < -0.4 is 0 Å². The molecule has 1 heterocycles. The van der Waals surface area contributed by atoms with E-state index >= 15 is 0 Å². The average molecular weight is 267 g/mol.